The van der Waals surface area contributed by atoms with Crippen molar-refractivity contribution in [2.24, 2.45) is 5.92 Å². The minimum Gasteiger partial charge on any atom is -0.497 e. The van der Waals surface area contributed by atoms with Gasteiger partial charge in [0.1, 0.15) is 11.9 Å². The molecule has 2 aliphatic heterocycles. The van der Waals surface area contributed by atoms with Crippen LogP contribution in [-0.2, 0) is 9.53 Å². The van der Waals surface area contributed by atoms with E-state index in [1.54, 1.807) is 7.11 Å². The first kappa shape index (κ1) is 14.9. The van der Waals surface area contributed by atoms with Crippen molar-refractivity contribution < 1.29 is 14.3 Å². The van der Waals surface area contributed by atoms with Gasteiger partial charge in [-0.15, -0.1) is 0 Å². The number of anilines is 1. The van der Waals surface area contributed by atoms with Gasteiger partial charge in [0.05, 0.1) is 25.7 Å². The first-order valence-corrected chi connectivity index (χ1v) is 7.45. The number of ether oxygens (including phenoxy) is 2. The second-order valence-corrected chi connectivity index (χ2v) is 5.92. The van der Waals surface area contributed by atoms with E-state index in [1.807, 2.05) is 36.1 Å². The van der Waals surface area contributed by atoms with E-state index < -0.39 is 0 Å². The summed E-state index contributed by atoms with van der Waals surface area (Å²) >= 11 is 0. The van der Waals surface area contributed by atoms with Crippen molar-refractivity contribution >= 4 is 11.6 Å². The molecule has 1 amide bonds. The molecule has 0 unspecified atom stereocenters. The van der Waals surface area contributed by atoms with Crippen molar-refractivity contribution in [1.82, 2.24) is 0 Å². The van der Waals surface area contributed by atoms with E-state index in [0.717, 1.165) is 17.0 Å². The van der Waals surface area contributed by atoms with Crippen LogP contribution in [-0.4, -0.2) is 31.8 Å². The lowest BCUT2D eigenvalue weighted by molar-refractivity contribution is -0.131. The van der Waals surface area contributed by atoms with E-state index in [9.17, 15) is 4.79 Å². The van der Waals surface area contributed by atoms with E-state index in [2.05, 4.69) is 19.6 Å². The standard InChI is InChI=1S/C18H21NO3/c1-11(2)15-16(17-12(3)9-10-22-17)19(18(15)20)13-5-7-14(21-4)8-6-13/h5-9,15-17H,1,10H2,2-4H3/t15-,16-,17+/m1/s1. The average Bonchev–Trinajstić information content (AvgIpc) is 2.90. The summed E-state index contributed by atoms with van der Waals surface area (Å²) in [5.74, 6) is 0.692. The Labute approximate surface area is 131 Å². The Balaban J connectivity index is 1.92. The van der Waals surface area contributed by atoms with Gasteiger partial charge in [0.15, 0.2) is 0 Å². The zero-order valence-corrected chi connectivity index (χ0v) is 13.2. The van der Waals surface area contributed by atoms with Crippen LogP contribution in [0.1, 0.15) is 13.8 Å². The van der Waals surface area contributed by atoms with Crippen LogP contribution >= 0.6 is 0 Å². The van der Waals surface area contributed by atoms with Gasteiger partial charge in [-0.25, -0.2) is 0 Å². The summed E-state index contributed by atoms with van der Waals surface area (Å²) in [5.41, 5.74) is 2.95. The lowest BCUT2D eigenvalue weighted by atomic mass is 9.77. The van der Waals surface area contributed by atoms with Crippen molar-refractivity contribution in [1.29, 1.82) is 0 Å². The lowest BCUT2D eigenvalue weighted by Crippen LogP contribution is -2.66. The molecular formula is C18H21NO3. The van der Waals surface area contributed by atoms with Gasteiger partial charge in [-0.1, -0.05) is 18.2 Å². The average molecular weight is 299 g/mol. The smallest absolute Gasteiger partial charge is 0.236 e. The topological polar surface area (TPSA) is 38.8 Å². The van der Waals surface area contributed by atoms with Gasteiger partial charge in [-0.2, -0.15) is 0 Å². The van der Waals surface area contributed by atoms with Crippen LogP contribution in [0.3, 0.4) is 0 Å². The number of carbonyl (C=O) groups is 1. The summed E-state index contributed by atoms with van der Waals surface area (Å²) in [6, 6.07) is 7.54. The third kappa shape index (κ3) is 2.24. The number of nitrogens with zero attached hydrogens (tertiary/aromatic N) is 1. The minimum atomic E-state index is -0.173. The fraction of sp³-hybridized carbons (Fsp3) is 0.389. The number of carbonyl (C=O) groups excluding carboxylic acids is 1. The van der Waals surface area contributed by atoms with Crippen LogP contribution in [0.15, 0.2) is 48.1 Å². The predicted molar refractivity (Wildman–Crippen MR) is 86.1 cm³/mol. The van der Waals surface area contributed by atoms with Crippen molar-refractivity contribution in [3.8, 4) is 5.75 Å². The highest BCUT2D eigenvalue weighted by Gasteiger charge is 2.53. The molecule has 0 radical (unpaired) electrons. The molecule has 4 nitrogen and oxygen atoms in total. The molecule has 0 aliphatic carbocycles. The number of amides is 1. The molecule has 4 heteroatoms. The molecule has 1 aromatic rings. The summed E-state index contributed by atoms with van der Waals surface area (Å²) in [4.78, 5) is 14.4. The maximum atomic E-state index is 12.6. The molecule has 1 aromatic carbocycles. The van der Waals surface area contributed by atoms with Gasteiger partial charge in [0.25, 0.3) is 0 Å². The van der Waals surface area contributed by atoms with Crippen LogP contribution in [0.5, 0.6) is 5.75 Å². The third-order valence-corrected chi connectivity index (χ3v) is 4.46. The van der Waals surface area contributed by atoms with E-state index in [0.29, 0.717) is 6.61 Å². The Morgan fingerprint density at radius 2 is 2.05 bits per heavy atom. The van der Waals surface area contributed by atoms with E-state index >= 15 is 0 Å². The Hall–Kier alpha value is -2.07. The third-order valence-electron chi connectivity index (χ3n) is 4.46. The van der Waals surface area contributed by atoms with Crippen molar-refractivity contribution in [2.75, 3.05) is 18.6 Å². The van der Waals surface area contributed by atoms with Crippen LogP contribution in [0, 0.1) is 5.92 Å². The number of benzene rings is 1. The fourth-order valence-electron chi connectivity index (χ4n) is 3.26. The van der Waals surface area contributed by atoms with Gasteiger partial charge in [0.2, 0.25) is 5.91 Å². The number of β-lactam (4-membered cyclic amide) rings is 1. The summed E-state index contributed by atoms with van der Waals surface area (Å²) in [6.07, 6.45) is 2.02. The minimum absolute atomic E-state index is 0.0165. The Morgan fingerprint density at radius 1 is 1.36 bits per heavy atom. The molecule has 1 fully saturated rings. The van der Waals surface area contributed by atoms with Gasteiger partial charge in [0, 0.05) is 5.69 Å². The highest BCUT2D eigenvalue weighted by molar-refractivity contribution is 6.05. The molecule has 1 saturated heterocycles. The van der Waals surface area contributed by atoms with Crippen molar-refractivity contribution in [2.45, 2.75) is 26.0 Å². The largest absolute Gasteiger partial charge is 0.497 e. The summed E-state index contributed by atoms with van der Waals surface area (Å²) < 4.78 is 11.0. The molecule has 22 heavy (non-hydrogen) atoms. The molecule has 0 N–H and O–H groups in total. The maximum absolute atomic E-state index is 12.6. The SMILES string of the molecule is C=C(C)[C@H]1C(=O)N(c2ccc(OC)cc2)[C@H]1[C@H]1OCC=C1C. The summed E-state index contributed by atoms with van der Waals surface area (Å²) in [5, 5.41) is 0. The fourth-order valence-corrected chi connectivity index (χ4v) is 3.26. The molecule has 3 rings (SSSR count). The van der Waals surface area contributed by atoms with Crippen LogP contribution in [0.2, 0.25) is 0 Å². The molecule has 3 atom stereocenters. The molecule has 0 saturated carbocycles. The van der Waals surface area contributed by atoms with E-state index in [4.69, 9.17) is 9.47 Å². The quantitative estimate of drug-likeness (QED) is 0.634. The molecule has 0 bridgehead atoms. The summed E-state index contributed by atoms with van der Waals surface area (Å²) in [6.45, 7) is 8.57. The molecular weight excluding hydrogens is 278 g/mol. The second kappa shape index (κ2) is 5.61. The van der Waals surface area contributed by atoms with Gasteiger partial charge >= 0.3 is 0 Å². The number of hydrogen-bond acceptors (Lipinski definition) is 3. The number of hydrogen-bond donors (Lipinski definition) is 0. The molecule has 2 heterocycles. The Morgan fingerprint density at radius 3 is 2.55 bits per heavy atom. The van der Waals surface area contributed by atoms with Gasteiger partial charge in [-0.3, -0.25) is 4.79 Å². The van der Waals surface area contributed by atoms with Crippen molar-refractivity contribution in [3.63, 3.8) is 0 Å². The monoisotopic (exact) mass is 299 g/mol. The summed E-state index contributed by atoms with van der Waals surface area (Å²) in [7, 11) is 1.63. The predicted octanol–water partition coefficient (Wildman–Crippen LogP) is 2.95. The first-order chi connectivity index (χ1) is 10.5. The van der Waals surface area contributed by atoms with Crippen LogP contribution < -0.4 is 9.64 Å². The van der Waals surface area contributed by atoms with E-state index in [-0.39, 0.29) is 24.0 Å². The number of rotatable bonds is 4. The second-order valence-electron chi connectivity index (χ2n) is 5.92. The zero-order valence-electron chi connectivity index (χ0n) is 13.2. The highest BCUT2D eigenvalue weighted by atomic mass is 16.5. The molecule has 2 aliphatic rings. The lowest BCUT2D eigenvalue weighted by Gasteiger charge is -2.50. The molecule has 0 spiro atoms. The Bertz CT molecular complexity index is 632. The van der Waals surface area contributed by atoms with Crippen molar-refractivity contribution in [3.05, 3.63) is 48.1 Å². The first-order valence-electron chi connectivity index (χ1n) is 7.45. The molecule has 116 valence electrons. The number of methoxy groups -OCH3 is 1. The maximum Gasteiger partial charge on any atom is 0.236 e. The Kier molecular flexibility index (Phi) is 3.79. The van der Waals surface area contributed by atoms with Gasteiger partial charge in [-0.05, 0) is 43.7 Å². The van der Waals surface area contributed by atoms with E-state index in [1.165, 1.54) is 5.57 Å². The van der Waals surface area contributed by atoms with Crippen LogP contribution in [0.25, 0.3) is 0 Å². The molecule has 0 aromatic heterocycles. The normalized spacial score (nSPS) is 27.4. The zero-order chi connectivity index (χ0) is 15.9. The van der Waals surface area contributed by atoms with Crippen LogP contribution in [0.4, 0.5) is 5.69 Å². The van der Waals surface area contributed by atoms with Gasteiger partial charge < -0.3 is 14.4 Å². The highest BCUT2D eigenvalue weighted by Crippen LogP contribution is 2.41.